The molecule has 5 rings (SSSR count). The van der Waals surface area contributed by atoms with Crippen molar-refractivity contribution >= 4 is 0 Å². The predicted octanol–water partition coefficient (Wildman–Crippen LogP) is 4.44. The maximum Gasteiger partial charge on any atom is 0.416 e. The first-order valence-corrected chi connectivity index (χ1v) is 11.4. The number of halogens is 4. The Morgan fingerprint density at radius 2 is 1.97 bits per heavy atom. The molecule has 0 bridgehead atoms. The molecule has 0 saturated carbocycles. The summed E-state index contributed by atoms with van der Waals surface area (Å²) in [5, 5.41) is 4.52. The first-order chi connectivity index (χ1) is 17.2. The van der Waals surface area contributed by atoms with Gasteiger partial charge in [0, 0.05) is 25.1 Å². The van der Waals surface area contributed by atoms with E-state index in [0.717, 1.165) is 11.8 Å². The molecule has 36 heavy (non-hydrogen) atoms. The average molecular weight is 501 g/mol. The van der Waals surface area contributed by atoms with E-state index >= 15 is 0 Å². The number of alkyl halides is 3. The van der Waals surface area contributed by atoms with Gasteiger partial charge < -0.3 is 4.74 Å². The summed E-state index contributed by atoms with van der Waals surface area (Å²) < 4.78 is 63.3. The fourth-order valence-electron chi connectivity index (χ4n) is 4.49. The lowest BCUT2D eigenvalue weighted by molar-refractivity contribution is -0.138. The quantitative estimate of drug-likeness (QED) is 0.364. The average Bonchev–Trinajstić information content (AvgIpc) is 3.47. The second kappa shape index (κ2) is 9.32. The van der Waals surface area contributed by atoms with Gasteiger partial charge in [-0.3, -0.25) is 4.57 Å². The maximum atomic E-state index is 13.6. The van der Waals surface area contributed by atoms with E-state index in [4.69, 9.17) is 4.74 Å². The summed E-state index contributed by atoms with van der Waals surface area (Å²) in [6.07, 6.45) is 2.42. The fraction of sp³-hybridized carbons (Fsp3) is 0.375. The second-order valence-corrected chi connectivity index (χ2v) is 8.65. The van der Waals surface area contributed by atoms with E-state index < -0.39 is 23.5 Å². The first-order valence-electron chi connectivity index (χ1n) is 11.4. The summed E-state index contributed by atoms with van der Waals surface area (Å²) in [6.45, 7) is 2.43. The molecule has 12 heteroatoms. The van der Waals surface area contributed by atoms with Gasteiger partial charge in [-0.05, 0) is 43.9 Å². The minimum atomic E-state index is -4.66. The van der Waals surface area contributed by atoms with Crippen molar-refractivity contribution in [3.05, 3.63) is 76.9 Å². The van der Waals surface area contributed by atoms with Crippen LogP contribution in [0.2, 0.25) is 0 Å². The van der Waals surface area contributed by atoms with Crippen LogP contribution in [0.25, 0.3) is 5.82 Å². The van der Waals surface area contributed by atoms with E-state index in [1.807, 2.05) is 13.1 Å². The van der Waals surface area contributed by atoms with Gasteiger partial charge in [-0.25, -0.2) is 29.0 Å². The Kier molecular flexibility index (Phi) is 6.19. The lowest BCUT2D eigenvalue weighted by Gasteiger charge is -2.25. The normalized spacial score (nSPS) is 15.7. The third kappa shape index (κ3) is 4.67. The Balaban J connectivity index is 1.38. The highest BCUT2D eigenvalue weighted by atomic mass is 19.4. The third-order valence-corrected chi connectivity index (χ3v) is 6.14. The highest BCUT2D eigenvalue weighted by Crippen LogP contribution is 2.40. The van der Waals surface area contributed by atoms with Gasteiger partial charge in [0.15, 0.2) is 5.82 Å². The van der Waals surface area contributed by atoms with E-state index in [2.05, 4.69) is 25.0 Å². The van der Waals surface area contributed by atoms with Crippen LogP contribution in [-0.4, -0.2) is 41.4 Å². The topological polar surface area (TPSA) is 83.5 Å². The zero-order chi connectivity index (χ0) is 25.4. The van der Waals surface area contributed by atoms with Gasteiger partial charge in [-0.1, -0.05) is 6.07 Å². The molecular formula is C24H23F4N7O. The van der Waals surface area contributed by atoms with Crippen LogP contribution in [0.15, 0.2) is 36.9 Å². The molecule has 4 aromatic rings. The van der Waals surface area contributed by atoms with Gasteiger partial charge in [0.1, 0.15) is 18.0 Å². The molecule has 0 amide bonds. The van der Waals surface area contributed by atoms with E-state index in [1.54, 1.807) is 21.8 Å². The van der Waals surface area contributed by atoms with Gasteiger partial charge in [0.25, 0.3) is 5.88 Å². The van der Waals surface area contributed by atoms with Gasteiger partial charge in [-0.15, -0.1) is 0 Å². The number of aryl methyl sites for hydroxylation is 4. The van der Waals surface area contributed by atoms with Gasteiger partial charge in [-0.2, -0.15) is 18.3 Å². The van der Waals surface area contributed by atoms with Crippen molar-refractivity contribution in [1.29, 1.82) is 0 Å². The number of methoxy groups -OCH3 is 1. The van der Waals surface area contributed by atoms with Crippen molar-refractivity contribution in [3.63, 3.8) is 0 Å². The number of benzene rings is 1. The molecule has 1 aliphatic heterocycles. The molecule has 0 unspecified atom stereocenters. The summed E-state index contributed by atoms with van der Waals surface area (Å²) >= 11 is 0. The summed E-state index contributed by atoms with van der Waals surface area (Å²) in [5.74, 6) is 0.286. The smallest absolute Gasteiger partial charge is 0.416 e. The Morgan fingerprint density at radius 3 is 2.69 bits per heavy atom. The summed E-state index contributed by atoms with van der Waals surface area (Å²) in [6, 6.07) is 2.81. The zero-order valence-electron chi connectivity index (χ0n) is 19.6. The number of hydrogen-bond acceptors (Lipinski definition) is 6. The van der Waals surface area contributed by atoms with Crippen LogP contribution in [0.5, 0.6) is 5.88 Å². The van der Waals surface area contributed by atoms with E-state index in [1.165, 1.54) is 13.2 Å². The van der Waals surface area contributed by atoms with Crippen LogP contribution in [-0.2, 0) is 25.6 Å². The maximum absolute atomic E-state index is 13.6. The molecular weight excluding hydrogens is 478 g/mol. The van der Waals surface area contributed by atoms with Crippen molar-refractivity contribution in [3.8, 4) is 11.7 Å². The number of rotatable bonds is 6. The molecule has 8 nitrogen and oxygen atoms in total. The van der Waals surface area contributed by atoms with Gasteiger partial charge in [0.05, 0.1) is 30.3 Å². The molecule has 4 heterocycles. The summed E-state index contributed by atoms with van der Waals surface area (Å²) in [4.78, 5) is 17.7. The third-order valence-electron chi connectivity index (χ3n) is 6.14. The van der Waals surface area contributed by atoms with Crippen molar-refractivity contribution < 1.29 is 22.3 Å². The van der Waals surface area contributed by atoms with Crippen LogP contribution in [0.3, 0.4) is 0 Å². The second-order valence-electron chi connectivity index (χ2n) is 8.65. The standard InChI is InChI=1S/C24H23F4N7O/c1-14-12-34(13-30-14)22-23(36-2)31-16(11-29-22)6-8-20-32-21-18(4-3-9-35(21)33-20)17-7-5-15(25)10-19(17)24(26,27)28/h5,7,10-13,18H,3-4,6,8-9H2,1-2H3/t18-/m1/s1. The van der Waals surface area contributed by atoms with Gasteiger partial charge >= 0.3 is 6.18 Å². The SMILES string of the molecule is COc1nc(CCc2nc3n(n2)CCC[C@@H]3c2ccc(F)cc2C(F)(F)F)cnc1-n1cnc(C)c1. The lowest BCUT2D eigenvalue weighted by atomic mass is 9.87. The molecule has 0 spiro atoms. The Bertz CT molecular complexity index is 1400. The van der Waals surface area contributed by atoms with Gasteiger partial charge in [0.2, 0.25) is 5.82 Å². The number of aromatic nitrogens is 7. The van der Waals surface area contributed by atoms with E-state index in [-0.39, 0.29) is 5.56 Å². The monoisotopic (exact) mass is 501 g/mol. The number of hydrogen-bond donors (Lipinski definition) is 0. The largest absolute Gasteiger partial charge is 0.478 e. The van der Waals surface area contributed by atoms with Crippen LogP contribution in [0, 0.1) is 12.7 Å². The number of ether oxygens (including phenoxy) is 1. The Morgan fingerprint density at radius 1 is 1.14 bits per heavy atom. The molecule has 0 fully saturated rings. The summed E-state index contributed by atoms with van der Waals surface area (Å²) in [7, 11) is 1.51. The van der Waals surface area contributed by atoms with Crippen molar-refractivity contribution in [2.75, 3.05) is 7.11 Å². The first kappa shape index (κ1) is 23.9. The molecule has 0 aliphatic carbocycles. The highest BCUT2D eigenvalue weighted by Gasteiger charge is 2.38. The van der Waals surface area contributed by atoms with E-state index in [0.29, 0.717) is 67.3 Å². The molecule has 1 aliphatic rings. The highest BCUT2D eigenvalue weighted by molar-refractivity contribution is 5.38. The molecule has 1 aromatic carbocycles. The molecule has 0 saturated heterocycles. The number of fused-ring (bicyclic) bond motifs is 1. The van der Waals surface area contributed by atoms with Crippen LogP contribution >= 0.6 is 0 Å². The van der Waals surface area contributed by atoms with Crippen LogP contribution in [0.4, 0.5) is 17.6 Å². The van der Waals surface area contributed by atoms with Crippen LogP contribution < -0.4 is 4.74 Å². The summed E-state index contributed by atoms with van der Waals surface area (Å²) in [5.41, 5.74) is 0.541. The van der Waals surface area contributed by atoms with Crippen molar-refractivity contribution in [2.24, 2.45) is 0 Å². The van der Waals surface area contributed by atoms with E-state index in [9.17, 15) is 17.6 Å². The van der Waals surface area contributed by atoms with Crippen molar-refractivity contribution in [2.45, 2.75) is 51.2 Å². The van der Waals surface area contributed by atoms with Crippen LogP contribution in [0.1, 0.15) is 52.9 Å². The molecule has 188 valence electrons. The Hall–Kier alpha value is -3.83. The Labute approximate surface area is 204 Å². The number of nitrogens with zero attached hydrogens (tertiary/aromatic N) is 7. The zero-order valence-corrected chi connectivity index (χ0v) is 19.6. The lowest BCUT2D eigenvalue weighted by Crippen LogP contribution is -2.21. The molecule has 0 N–H and O–H groups in total. The minimum absolute atomic E-state index is 0.0183. The number of imidazole rings is 1. The molecule has 1 atom stereocenters. The van der Waals surface area contributed by atoms with Crippen molar-refractivity contribution in [1.82, 2.24) is 34.3 Å². The fourth-order valence-corrected chi connectivity index (χ4v) is 4.49. The predicted molar refractivity (Wildman–Crippen MR) is 120 cm³/mol. The minimum Gasteiger partial charge on any atom is -0.478 e. The molecule has 3 aromatic heterocycles. The molecule has 0 radical (unpaired) electrons.